The minimum absolute atomic E-state index is 0.0196. The van der Waals surface area contributed by atoms with Gasteiger partial charge in [-0.25, -0.2) is 0 Å². The first-order chi connectivity index (χ1) is 11.6. The summed E-state index contributed by atoms with van der Waals surface area (Å²) in [6.45, 7) is 5.59. The first-order valence-corrected chi connectivity index (χ1v) is 7.76. The zero-order chi connectivity index (χ0) is 19.0. The minimum atomic E-state index is -0.860. The maximum Gasteiger partial charge on any atom is 0.269 e. The van der Waals surface area contributed by atoms with E-state index in [2.05, 4.69) is 10.6 Å². The highest BCUT2D eigenvalue weighted by atomic mass is 16.6. The number of carbonyl (C=O) groups is 2. The third kappa shape index (κ3) is 8.23. The van der Waals surface area contributed by atoms with Crippen molar-refractivity contribution in [1.29, 1.82) is 0 Å². The van der Waals surface area contributed by atoms with Gasteiger partial charge in [0.05, 0.1) is 23.7 Å². The number of non-ortho nitro benzene ring substituents is 1. The first-order valence-electron chi connectivity index (χ1n) is 7.76. The number of hydrogen-bond donors (Lipinski definition) is 3. The molecule has 0 spiro atoms. The summed E-state index contributed by atoms with van der Waals surface area (Å²) in [6.07, 6.45) is 0. The van der Waals surface area contributed by atoms with E-state index in [0.717, 1.165) is 0 Å². The van der Waals surface area contributed by atoms with Crippen molar-refractivity contribution >= 4 is 17.5 Å². The molecule has 0 fully saturated rings. The molecule has 138 valence electrons. The summed E-state index contributed by atoms with van der Waals surface area (Å²) in [5.74, 6) is -0.870. The van der Waals surface area contributed by atoms with Crippen LogP contribution in [-0.2, 0) is 20.9 Å². The number of nitro benzene ring substituents is 1. The molecule has 0 radical (unpaired) electrons. The number of nitro groups is 1. The van der Waals surface area contributed by atoms with E-state index in [1.807, 2.05) is 20.8 Å². The molecule has 0 bridgehead atoms. The fourth-order valence-electron chi connectivity index (χ4n) is 1.71. The molecule has 0 saturated carbocycles. The van der Waals surface area contributed by atoms with Gasteiger partial charge in [0.1, 0.15) is 6.04 Å². The molecule has 0 saturated heterocycles. The number of nitrogens with zero attached hydrogens (tertiary/aromatic N) is 1. The quantitative estimate of drug-likeness (QED) is 0.459. The third-order valence-electron chi connectivity index (χ3n) is 3.09. The Bertz CT molecular complexity index is 610. The van der Waals surface area contributed by atoms with E-state index in [4.69, 9.17) is 10.5 Å². The van der Waals surface area contributed by atoms with Gasteiger partial charge in [-0.1, -0.05) is 12.1 Å². The number of ether oxygens (including phenoxy) is 1. The highest BCUT2D eigenvalue weighted by molar-refractivity contribution is 5.87. The Hall–Kier alpha value is -2.52. The molecule has 1 atom stereocenters. The maximum atomic E-state index is 11.8. The third-order valence-corrected chi connectivity index (χ3v) is 3.09. The Balaban J connectivity index is 2.32. The second kappa shape index (κ2) is 9.09. The van der Waals surface area contributed by atoms with E-state index in [0.29, 0.717) is 5.56 Å². The van der Waals surface area contributed by atoms with E-state index >= 15 is 0 Å². The zero-order valence-electron chi connectivity index (χ0n) is 14.6. The van der Waals surface area contributed by atoms with E-state index in [-0.39, 0.29) is 25.4 Å². The van der Waals surface area contributed by atoms with Gasteiger partial charge >= 0.3 is 0 Å². The SMILES string of the molecule is CC(C)(C)OC[C@@H](N)C(=O)NCC(=O)NCc1ccc([N+](=O)[O-])cc1. The second-order valence-corrected chi connectivity index (χ2v) is 6.45. The van der Waals surface area contributed by atoms with Crippen LogP contribution in [0.4, 0.5) is 5.69 Å². The van der Waals surface area contributed by atoms with Crippen molar-refractivity contribution in [3.8, 4) is 0 Å². The van der Waals surface area contributed by atoms with Gasteiger partial charge in [-0.05, 0) is 26.3 Å². The molecule has 9 heteroatoms. The summed E-state index contributed by atoms with van der Waals surface area (Å²) in [4.78, 5) is 33.6. The highest BCUT2D eigenvalue weighted by Crippen LogP contribution is 2.11. The van der Waals surface area contributed by atoms with Gasteiger partial charge in [0.2, 0.25) is 11.8 Å². The fourth-order valence-corrected chi connectivity index (χ4v) is 1.71. The van der Waals surface area contributed by atoms with Crippen molar-refractivity contribution in [3.63, 3.8) is 0 Å². The number of amides is 2. The van der Waals surface area contributed by atoms with E-state index in [9.17, 15) is 19.7 Å². The van der Waals surface area contributed by atoms with Gasteiger partial charge in [0.25, 0.3) is 5.69 Å². The van der Waals surface area contributed by atoms with Crippen LogP contribution in [0.1, 0.15) is 26.3 Å². The lowest BCUT2D eigenvalue weighted by atomic mass is 10.2. The molecule has 2 amide bonds. The van der Waals surface area contributed by atoms with E-state index in [1.54, 1.807) is 12.1 Å². The van der Waals surface area contributed by atoms with Crippen LogP contribution in [0.5, 0.6) is 0 Å². The fraction of sp³-hybridized carbons (Fsp3) is 0.500. The average Bonchev–Trinajstić information content (AvgIpc) is 2.55. The number of benzene rings is 1. The molecule has 0 aliphatic rings. The van der Waals surface area contributed by atoms with Gasteiger partial charge in [-0.15, -0.1) is 0 Å². The number of rotatable bonds is 8. The number of carbonyl (C=O) groups excluding carboxylic acids is 2. The molecule has 0 aliphatic carbocycles. The van der Waals surface area contributed by atoms with Crippen molar-refractivity contribution in [3.05, 3.63) is 39.9 Å². The van der Waals surface area contributed by atoms with Gasteiger partial charge < -0.3 is 21.1 Å². The van der Waals surface area contributed by atoms with Crippen LogP contribution < -0.4 is 16.4 Å². The van der Waals surface area contributed by atoms with Crippen molar-refractivity contribution in [2.24, 2.45) is 5.73 Å². The standard InChI is InChI=1S/C16H24N4O5/c1-16(2,3)25-10-13(17)15(22)19-9-14(21)18-8-11-4-6-12(7-5-11)20(23)24/h4-7,13H,8-10,17H2,1-3H3,(H,18,21)(H,19,22)/t13-/m1/s1. The molecule has 0 aliphatic heterocycles. The lowest BCUT2D eigenvalue weighted by Crippen LogP contribution is -2.47. The Labute approximate surface area is 146 Å². The van der Waals surface area contributed by atoms with Crippen LogP contribution in [0, 0.1) is 10.1 Å². The Morgan fingerprint density at radius 2 is 1.84 bits per heavy atom. The Morgan fingerprint density at radius 1 is 1.24 bits per heavy atom. The number of nitrogens with one attached hydrogen (secondary N) is 2. The van der Waals surface area contributed by atoms with Gasteiger partial charge in [0.15, 0.2) is 0 Å². The molecule has 0 aromatic heterocycles. The molecule has 4 N–H and O–H groups in total. The molecular weight excluding hydrogens is 328 g/mol. The van der Waals surface area contributed by atoms with E-state index in [1.165, 1.54) is 12.1 Å². The van der Waals surface area contributed by atoms with Crippen LogP contribution in [-0.4, -0.2) is 41.5 Å². The van der Waals surface area contributed by atoms with Crippen LogP contribution in [0.2, 0.25) is 0 Å². The summed E-state index contributed by atoms with van der Waals surface area (Å²) in [5.41, 5.74) is 5.98. The van der Waals surface area contributed by atoms with Crippen molar-refractivity contribution in [2.75, 3.05) is 13.2 Å². The Morgan fingerprint density at radius 3 is 2.36 bits per heavy atom. The van der Waals surface area contributed by atoms with Gasteiger partial charge in [-0.3, -0.25) is 19.7 Å². The maximum absolute atomic E-state index is 11.8. The summed E-state index contributed by atoms with van der Waals surface area (Å²) < 4.78 is 5.42. The molecule has 1 rings (SSSR count). The second-order valence-electron chi connectivity index (χ2n) is 6.45. The summed E-state index contributed by atoms with van der Waals surface area (Å²) in [5, 5.41) is 15.6. The van der Waals surface area contributed by atoms with Crippen molar-refractivity contribution in [1.82, 2.24) is 10.6 Å². The Kier molecular flexibility index (Phi) is 7.46. The molecule has 9 nitrogen and oxygen atoms in total. The number of nitrogens with two attached hydrogens (primary N) is 1. The lowest BCUT2D eigenvalue weighted by molar-refractivity contribution is -0.384. The predicted octanol–water partition coefficient (Wildman–Crippen LogP) is 0.470. The van der Waals surface area contributed by atoms with E-state index < -0.39 is 28.4 Å². The molecule has 0 heterocycles. The monoisotopic (exact) mass is 352 g/mol. The van der Waals surface area contributed by atoms with Crippen molar-refractivity contribution < 1.29 is 19.2 Å². The van der Waals surface area contributed by atoms with Gasteiger partial charge in [0, 0.05) is 18.7 Å². The van der Waals surface area contributed by atoms with Gasteiger partial charge in [-0.2, -0.15) is 0 Å². The van der Waals surface area contributed by atoms with Crippen LogP contribution in [0.15, 0.2) is 24.3 Å². The normalized spacial score (nSPS) is 12.3. The molecule has 0 unspecified atom stereocenters. The molecule has 1 aromatic carbocycles. The minimum Gasteiger partial charge on any atom is -0.374 e. The highest BCUT2D eigenvalue weighted by Gasteiger charge is 2.18. The van der Waals surface area contributed by atoms with Crippen LogP contribution >= 0.6 is 0 Å². The lowest BCUT2D eigenvalue weighted by Gasteiger charge is -2.22. The summed E-state index contributed by atoms with van der Waals surface area (Å²) in [6, 6.07) is 4.96. The smallest absolute Gasteiger partial charge is 0.269 e. The first kappa shape index (κ1) is 20.5. The van der Waals surface area contributed by atoms with Crippen LogP contribution in [0.25, 0.3) is 0 Å². The largest absolute Gasteiger partial charge is 0.374 e. The average molecular weight is 352 g/mol. The summed E-state index contributed by atoms with van der Waals surface area (Å²) in [7, 11) is 0. The van der Waals surface area contributed by atoms with Crippen molar-refractivity contribution in [2.45, 2.75) is 39.0 Å². The predicted molar refractivity (Wildman–Crippen MR) is 91.6 cm³/mol. The molecular formula is C16H24N4O5. The topological polar surface area (TPSA) is 137 Å². The molecule has 25 heavy (non-hydrogen) atoms. The zero-order valence-corrected chi connectivity index (χ0v) is 14.6. The summed E-state index contributed by atoms with van der Waals surface area (Å²) >= 11 is 0. The number of hydrogen-bond acceptors (Lipinski definition) is 6. The molecule has 1 aromatic rings. The van der Waals surface area contributed by atoms with Crippen LogP contribution in [0.3, 0.4) is 0 Å².